The van der Waals surface area contributed by atoms with Crippen LogP contribution >= 0.6 is 11.3 Å². The van der Waals surface area contributed by atoms with E-state index < -0.39 is 0 Å². The van der Waals surface area contributed by atoms with Gasteiger partial charge in [-0.05, 0) is 44.1 Å². The van der Waals surface area contributed by atoms with E-state index in [1.165, 1.54) is 37.0 Å². The highest BCUT2D eigenvalue weighted by molar-refractivity contribution is 7.15. The number of amides is 1. The van der Waals surface area contributed by atoms with Crippen LogP contribution in [0.3, 0.4) is 0 Å². The number of nitrogens with one attached hydrogen (secondary N) is 1. The fourth-order valence-corrected chi connectivity index (χ4v) is 5.44. The first-order valence-corrected chi connectivity index (χ1v) is 9.62. The summed E-state index contributed by atoms with van der Waals surface area (Å²) >= 11 is 1.76. The van der Waals surface area contributed by atoms with Crippen LogP contribution in [0.15, 0.2) is 6.20 Å². The van der Waals surface area contributed by atoms with Crippen LogP contribution in [0, 0.1) is 11.8 Å². The number of carbonyl (C=O) groups excluding carboxylic acids is 1. The fourth-order valence-electron chi connectivity index (χ4n) is 4.32. The van der Waals surface area contributed by atoms with E-state index in [-0.39, 0.29) is 5.92 Å². The van der Waals surface area contributed by atoms with E-state index in [4.69, 9.17) is 0 Å². The van der Waals surface area contributed by atoms with Crippen molar-refractivity contribution in [2.24, 2.45) is 11.8 Å². The Labute approximate surface area is 136 Å². The molecule has 1 amide bonds. The Morgan fingerprint density at radius 1 is 1.18 bits per heavy atom. The van der Waals surface area contributed by atoms with E-state index in [2.05, 4.69) is 10.3 Å². The molecule has 3 heterocycles. The van der Waals surface area contributed by atoms with Crippen LogP contribution < -0.4 is 10.2 Å². The van der Waals surface area contributed by atoms with Crippen molar-refractivity contribution in [3.8, 4) is 0 Å². The molecule has 1 aromatic heterocycles. The van der Waals surface area contributed by atoms with E-state index in [0.29, 0.717) is 17.7 Å². The van der Waals surface area contributed by atoms with Gasteiger partial charge in [0.2, 0.25) is 5.91 Å². The molecular weight excluding hydrogens is 294 g/mol. The van der Waals surface area contributed by atoms with Crippen LogP contribution in [0.25, 0.3) is 0 Å². The molecule has 2 saturated heterocycles. The van der Waals surface area contributed by atoms with E-state index in [1.807, 2.05) is 11.1 Å². The first-order chi connectivity index (χ1) is 10.8. The second-order valence-electron chi connectivity index (χ2n) is 7.02. The van der Waals surface area contributed by atoms with Crippen LogP contribution in [0.2, 0.25) is 0 Å². The molecule has 4 rings (SSSR count). The van der Waals surface area contributed by atoms with Crippen molar-refractivity contribution in [3.05, 3.63) is 11.1 Å². The molecule has 1 aliphatic carbocycles. The summed E-state index contributed by atoms with van der Waals surface area (Å²) in [4.78, 5) is 20.8. The van der Waals surface area contributed by atoms with Crippen LogP contribution in [0.4, 0.5) is 5.13 Å². The maximum atomic E-state index is 12.8. The quantitative estimate of drug-likeness (QED) is 0.911. The van der Waals surface area contributed by atoms with Crippen molar-refractivity contribution < 1.29 is 4.79 Å². The van der Waals surface area contributed by atoms with Gasteiger partial charge in [0.15, 0.2) is 5.13 Å². The zero-order valence-corrected chi connectivity index (χ0v) is 13.9. The minimum atomic E-state index is 0.171. The van der Waals surface area contributed by atoms with E-state index in [9.17, 15) is 4.79 Å². The molecule has 2 aliphatic heterocycles. The fraction of sp³-hybridized carbons (Fsp3) is 0.765. The highest BCUT2D eigenvalue weighted by Crippen LogP contribution is 2.39. The number of fused-ring (bicyclic) bond motifs is 1. The van der Waals surface area contributed by atoms with Crippen LogP contribution in [0.5, 0.6) is 0 Å². The lowest BCUT2D eigenvalue weighted by Gasteiger charge is -2.39. The molecule has 0 bridgehead atoms. The van der Waals surface area contributed by atoms with E-state index >= 15 is 0 Å². The number of nitrogens with zero attached hydrogens (tertiary/aromatic N) is 2. The lowest BCUT2D eigenvalue weighted by atomic mass is 9.80. The second kappa shape index (κ2) is 6.28. The Balaban J connectivity index is 1.49. The maximum absolute atomic E-state index is 12.8. The molecule has 1 N–H and O–H groups in total. The number of hydrogen-bond donors (Lipinski definition) is 1. The largest absolute Gasteiger partial charge is 0.316 e. The van der Waals surface area contributed by atoms with Gasteiger partial charge in [0.05, 0.1) is 5.92 Å². The van der Waals surface area contributed by atoms with Crippen LogP contribution in [0.1, 0.15) is 55.7 Å². The number of carbonyl (C=O) groups is 1. The predicted octanol–water partition coefficient (Wildman–Crippen LogP) is 3.15. The first kappa shape index (κ1) is 14.6. The topological polar surface area (TPSA) is 45.2 Å². The summed E-state index contributed by atoms with van der Waals surface area (Å²) in [6.45, 7) is 2.77. The van der Waals surface area contributed by atoms with Crippen molar-refractivity contribution in [1.29, 1.82) is 0 Å². The predicted molar refractivity (Wildman–Crippen MR) is 89.4 cm³/mol. The highest BCUT2D eigenvalue weighted by atomic mass is 32.1. The highest BCUT2D eigenvalue weighted by Gasteiger charge is 2.39. The van der Waals surface area contributed by atoms with Gasteiger partial charge in [0, 0.05) is 24.2 Å². The SMILES string of the molecule is O=C1[C@H]2CNCC[C@H]2CCN1c1ncc(C2CCCCC2)s1. The van der Waals surface area contributed by atoms with Gasteiger partial charge in [0.1, 0.15) is 0 Å². The molecule has 0 unspecified atom stereocenters. The molecule has 3 fully saturated rings. The zero-order chi connectivity index (χ0) is 14.9. The molecule has 3 aliphatic rings. The van der Waals surface area contributed by atoms with Gasteiger partial charge in [-0.3, -0.25) is 9.69 Å². The molecule has 1 saturated carbocycles. The standard InChI is InChI=1S/C17H25N3OS/c21-16-14-10-18-8-6-12(14)7-9-20(16)17-19-11-15(22-17)13-4-2-1-3-5-13/h11-14,18H,1-10H2/t12-,14-/m0/s1. The normalized spacial score (nSPS) is 30.4. The minimum Gasteiger partial charge on any atom is -0.316 e. The number of aromatic nitrogens is 1. The number of hydrogen-bond acceptors (Lipinski definition) is 4. The van der Waals surface area contributed by atoms with Crippen LogP contribution in [-0.2, 0) is 4.79 Å². The summed E-state index contributed by atoms with van der Waals surface area (Å²) in [6.07, 6.45) is 11.0. The summed E-state index contributed by atoms with van der Waals surface area (Å²) in [5.41, 5.74) is 0. The van der Waals surface area contributed by atoms with Gasteiger partial charge < -0.3 is 5.32 Å². The molecule has 22 heavy (non-hydrogen) atoms. The Kier molecular flexibility index (Phi) is 4.18. The number of thiazole rings is 1. The molecule has 1 aromatic rings. The van der Waals surface area contributed by atoms with Crippen LogP contribution in [-0.4, -0.2) is 30.5 Å². The Morgan fingerprint density at radius 3 is 2.91 bits per heavy atom. The summed E-state index contributed by atoms with van der Waals surface area (Å²) in [6, 6.07) is 0. The first-order valence-electron chi connectivity index (χ1n) is 8.81. The maximum Gasteiger partial charge on any atom is 0.233 e. The van der Waals surface area contributed by atoms with Gasteiger partial charge in [-0.1, -0.05) is 19.3 Å². The number of piperidine rings is 2. The second-order valence-corrected chi connectivity index (χ2v) is 8.06. The molecule has 0 spiro atoms. The summed E-state index contributed by atoms with van der Waals surface area (Å²) in [5.74, 6) is 1.74. The average molecular weight is 319 g/mol. The lowest BCUT2D eigenvalue weighted by Crippen LogP contribution is -2.52. The molecule has 0 radical (unpaired) electrons. The van der Waals surface area contributed by atoms with E-state index in [1.54, 1.807) is 11.3 Å². The number of anilines is 1. The Bertz CT molecular complexity index is 538. The van der Waals surface area contributed by atoms with Gasteiger partial charge >= 0.3 is 0 Å². The molecule has 2 atom stereocenters. The van der Waals surface area contributed by atoms with Gasteiger partial charge in [-0.25, -0.2) is 4.98 Å². The van der Waals surface area contributed by atoms with Gasteiger partial charge in [0.25, 0.3) is 0 Å². The molecule has 120 valence electrons. The third-order valence-electron chi connectivity index (χ3n) is 5.68. The van der Waals surface area contributed by atoms with Crippen molar-refractivity contribution in [2.75, 3.05) is 24.5 Å². The van der Waals surface area contributed by atoms with Crippen molar-refractivity contribution >= 4 is 22.4 Å². The Morgan fingerprint density at radius 2 is 2.05 bits per heavy atom. The van der Waals surface area contributed by atoms with Gasteiger partial charge in [-0.15, -0.1) is 11.3 Å². The van der Waals surface area contributed by atoms with Gasteiger partial charge in [-0.2, -0.15) is 0 Å². The molecule has 0 aromatic carbocycles. The van der Waals surface area contributed by atoms with Crippen molar-refractivity contribution in [1.82, 2.24) is 10.3 Å². The number of rotatable bonds is 2. The minimum absolute atomic E-state index is 0.171. The third-order valence-corrected chi connectivity index (χ3v) is 6.86. The zero-order valence-electron chi connectivity index (χ0n) is 13.1. The smallest absolute Gasteiger partial charge is 0.233 e. The van der Waals surface area contributed by atoms with E-state index in [0.717, 1.165) is 37.6 Å². The molecular formula is C17H25N3OS. The average Bonchev–Trinajstić information content (AvgIpc) is 3.06. The summed E-state index contributed by atoms with van der Waals surface area (Å²) in [7, 11) is 0. The lowest BCUT2D eigenvalue weighted by molar-refractivity contribution is -0.126. The molecule has 5 heteroatoms. The van der Waals surface area contributed by atoms with Crippen molar-refractivity contribution in [2.45, 2.75) is 50.9 Å². The summed E-state index contributed by atoms with van der Waals surface area (Å²) in [5, 5.41) is 4.32. The third kappa shape index (κ3) is 2.69. The summed E-state index contributed by atoms with van der Waals surface area (Å²) < 4.78 is 0. The monoisotopic (exact) mass is 319 g/mol. The Hall–Kier alpha value is -0.940. The molecule has 4 nitrogen and oxygen atoms in total. The van der Waals surface area contributed by atoms with Crippen molar-refractivity contribution in [3.63, 3.8) is 0 Å².